The molecule has 3 N–H and O–H groups in total. The summed E-state index contributed by atoms with van der Waals surface area (Å²) in [5.41, 5.74) is 6.02. The van der Waals surface area contributed by atoms with Crippen LogP contribution in [0.2, 0.25) is 5.02 Å². The number of hydrogen-bond donors (Lipinski definition) is 2. The maximum Gasteiger partial charge on any atom is 0.234 e. The third-order valence-corrected chi connectivity index (χ3v) is 4.69. The second kappa shape index (κ2) is 9.22. The maximum absolute atomic E-state index is 12.1. The molecule has 26 heavy (non-hydrogen) atoms. The zero-order chi connectivity index (χ0) is 19.1. The highest BCUT2D eigenvalue weighted by molar-refractivity contribution is 7.99. The lowest BCUT2D eigenvalue weighted by atomic mass is 10.2. The molecule has 8 nitrogen and oxygen atoms in total. The minimum absolute atomic E-state index is 0.131. The molecule has 0 aliphatic heterocycles. The van der Waals surface area contributed by atoms with Gasteiger partial charge < -0.3 is 15.6 Å². The topological polar surface area (TPSA) is 127 Å². The predicted molar refractivity (Wildman–Crippen MR) is 98.7 cm³/mol. The van der Waals surface area contributed by atoms with Crippen LogP contribution in [0, 0.1) is 11.3 Å². The van der Waals surface area contributed by atoms with Gasteiger partial charge >= 0.3 is 0 Å². The van der Waals surface area contributed by atoms with Crippen molar-refractivity contribution in [3.8, 4) is 6.07 Å². The van der Waals surface area contributed by atoms with Gasteiger partial charge in [0.05, 0.1) is 16.3 Å². The molecule has 0 fully saturated rings. The van der Waals surface area contributed by atoms with Gasteiger partial charge in [0.25, 0.3) is 0 Å². The Morgan fingerprint density at radius 1 is 1.42 bits per heavy atom. The van der Waals surface area contributed by atoms with E-state index >= 15 is 0 Å². The molecule has 1 aromatic heterocycles. The lowest BCUT2D eigenvalue weighted by Gasteiger charge is -2.08. The number of carbonyl (C=O) groups is 2. The van der Waals surface area contributed by atoms with Crippen LogP contribution in [0.1, 0.15) is 24.7 Å². The van der Waals surface area contributed by atoms with Crippen LogP contribution in [0.15, 0.2) is 23.4 Å². The summed E-state index contributed by atoms with van der Waals surface area (Å²) in [6.45, 7) is 2.55. The monoisotopic (exact) mass is 392 g/mol. The van der Waals surface area contributed by atoms with E-state index in [-0.39, 0.29) is 23.1 Å². The van der Waals surface area contributed by atoms with Gasteiger partial charge in [-0.3, -0.25) is 9.59 Å². The minimum atomic E-state index is -0.398. The number of halogens is 1. The van der Waals surface area contributed by atoms with Crippen LogP contribution in [0.4, 0.5) is 5.69 Å². The third-order valence-electron chi connectivity index (χ3n) is 3.41. The second-order valence-corrected chi connectivity index (χ2v) is 6.60. The van der Waals surface area contributed by atoms with Gasteiger partial charge in [0.1, 0.15) is 11.9 Å². The average molecular weight is 393 g/mol. The first-order chi connectivity index (χ1) is 12.4. The Kier molecular flexibility index (Phi) is 7.00. The molecule has 0 saturated heterocycles. The summed E-state index contributed by atoms with van der Waals surface area (Å²) < 4.78 is 1.85. The molecule has 2 rings (SSSR count). The van der Waals surface area contributed by atoms with Gasteiger partial charge in [0, 0.05) is 25.1 Å². The van der Waals surface area contributed by atoms with E-state index in [1.807, 2.05) is 17.6 Å². The van der Waals surface area contributed by atoms with Gasteiger partial charge in [-0.1, -0.05) is 23.4 Å². The number of aromatic nitrogens is 3. The van der Waals surface area contributed by atoms with Gasteiger partial charge in [0.2, 0.25) is 11.8 Å². The van der Waals surface area contributed by atoms with Crippen LogP contribution in [0.25, 0.3) is 0 Å². The molecule has 1 aromatic carbocycles. The summed E-state index contributed by atoms with van der Waals surface area (Å²) in [5, 5.41) is 20.6. The van der Waals surface area contributed by atoms with Crippen LogP contribution < -0.4 is 11.1 Å². The highest BCUT2D eigenvalue weighted by Crippen LogP contribution is 2.21. The van der Waals surface area contributed by atoms with E-state index < -0.39 is 5.91 Å². The number of hydrogen-bond acceptors (Lipinski definition) is 6. The molecule has 0 saturated carbocycles. The molecular formula is C16H17ClN6O2S. The van der Waals surface area contributed by atoms with Gasteiger partial charge in [-0.15, -0.1) is 10.2 Å². The number of nitrogens with one attached hydrogen (secondary N) is 1. The second-order valence-electron chi connectivity index (χ2n) is 5.25. The number of benzene rings is 1. The van der Waals surface area contributed by atoms with E-state index in [0.717, 1.165) is 0 Å². The number of anilines is 1. The molecule has 1 heterocycles. The Labute approximate surface area is 159 Å². The summed E-state index contributed by atoms with van der Waals surface area (Å²) in [6.07, 6.45) is 0.607. The largest absolute Gasteiger partial charge is 0.370 e. The van der Waals surface area contributed by atoms with Gasteiger partial charge in [0.15, 0.2) is 5.16 Å². The molecular weight excluding hydrogens is 376 g/mol. The van der Waals surface area contributed by atoms with Crippen molar-refractivity contribution >= 4 is 40.9 Å². The van der Waals surface area contributed by atoms with Crippen LogP contribution in [-0.2, 0) is 22.6 Å². The lowest BCUT2D eigenvalue weighted by molar-refractivity contribution is -0.118. The summed E-state index contributed by atoms with van der Waals surface area (Å²) in [5.74, 6) is 0.157. The van der Waals surface area contributed by atoms with E-state index in [2.05, 4.69) is 15.5 Å². The van der Waals surface area contributed by atoms with Crippen molar-refractivity contribution in [1.29, 1.82) is 5.26 Å². The van der Waals surface area contributed by atoms with E-state index in [9.17, 15) is 9.59 Å². The molecule has 0 bridgehead atoms. The Balaban J connectivity index is 1.96. The van der Waals surface area contributed by atoms with Gasteiger partial charge in [-0.25, -0.2) is 0 Å². The number of thioether (sulfide) groups is 1. The van der Waals surface area contributed by atoms with Crippen molar-refractivity contribution in [2.45, 2.75) is 31.5 Å². The van der Waals surface area contributed by atoms with Crippen LogP contribution in [0.3, 0.4) is 0 Å². The van der Waals surface area contributed by atoms with E-state index in [0.29, 0.717) is 35.2 Å². The first-order valence-corrected chi connectivity index (χ1v) is 9.13. The Bertz CT molecular complexity index is 861. The molecule has 0 radical (unpaired) electrons. The fourth-order valence-corrected chi connectivity index (χ4v) is 3.22. The first-order valence-electron chi connectivity index (χ1n) is 7.77. The lowest BCUT2D eigenvalue weighted by Crippen LogP contribution is -2.15. The molecule has 2 aromatic rings. The maximum atomic E-state index is 12.1. The fourth-order valence-electron chi connectivity index (χ4n) is 2.17. The number of aryl methyl sites for hydroxylation is 1. The average Bonchev–Trinajstić information content (AvgIpc) is 3.00. The van der Waals surface area contributed by atoms with Crippen molar-refractivity contribution in [3.63, 3.8) is 0 Å². The van der Waals surface area contributed by atoms with Crippen LogP contribution >= 0.6 is 23.4 Å². The number of nitriles is 1. The van der Waals surface area contributed by atoms with Crippen molar-refractivity contribution < 1.29 is 9.59 Å². The number of rotatable bonds is 8. The third kappa shape index (κ3) is 5.21. The molecule has 0 spiro atoms. The summed E-state index contributed by atoms with van der Waals surface area (Å²) in [7, 11) is 0. The molecule has 2 amide bonds. The number of amides is 2. The van der Waals surface area contributed by atoms with Crippen LogP contribution in [0.5, 0.6) is 0 Å². The van der Waals surface area contributed by atoms with Crippen molar-refractivity contribution in [2.75, 3.05) is 11.1 Å². The first kappa shape index (κ1) is 19.8. The SMILES string of the molecule is CCn1c(CCC(N)=O)nnc1SCC(=O)Nc1ccc(C#N)c(Cl)c1. The fraction of sp³-hybridized carbons (Fsp3) is 0.312. The van der Waals surface area contributed by atoms with Crippen LogP contribution in [-0.4, -0.2) is 32.3 Å². The Hall–Kier alpha value is -2.57. The molecule has 136 valence electrons. The molecule has 0 unspecified atom stereocenters. The molecule has 0 atom stereocenters. The van der Waals surface area contributed by atoms with Crippen molar-refractivity contribution in [2.24, 2.45) is 5.73 Å². The van der Waals surface area contributed by atoms with Gasteiger partial charge in [-0.05, 0) is 25.1 Å². The van der Waals surface area contributed by atoms with E-state index in [4.69, 9.17) is 22.6 Å². The van der Waals surface area contributed by atoms with E-state index in [1.54, 1.807) is 12.1 Å². The zero-order valence-electron chi connectivity index (χ0n) is 14.0. The highest BCUT2D eigenvalue weighted by atomic mass is 35.5. The number of primary amides is 1. The summed E-state index contributed by atoms with van der Waals surface area (Å²) >= 11 is 7.19. The normalized spacial score (nSPS) is 10.3. The molecule has 0 aliphatic rings. The predicted octanol–water partition coefficient (Wildman–Crippen LogP) is 1.97. The summed E-state index contributed by atoms with van der Waals surface area (Å²) in [6, 6.07) is 6.65. The molecule has 0 aliphatic carbocycles. The highest BCUT2D eigenvalue weighted by Gasteiger charge is 2.14. The quantitative estimate of drug-likeness (QED) is 0.661. The number of nitrogens with two attached hydrogens (primary N) is 1. The van der Waals surface area contributed by atoms with Crippen molar-refractivity contribution in [3.05, 3.63) is 34.6 Å². The van der Waals surface area contributed by atoms with Gasteiger partial charge in [-0.2, -0.15) is 5.26 Å². The molecule has 10 heteroatoms. The Morgan fingerprint density at radius 3 is 2.81 bits per heavy atom. The summed E-state index contributed by atoms with van der Waals surface area (Å²) in [4.78, 5) is 23.0. The van der Waals surface area contributed by atoms with Crippen molar-refractivity contribution in [1.82, 2.24) is 14.8 Å². The van der Waals surface area contributed by atoms with E-state index in [1.165, 1.54) is 17.8 Å². The number of carbonyl (C=O) groups excluding carboxylic acids is 2. The zero-order valence-corrected chi connectivity index (χ0v) is 15.6. The Morgan fingerprint density at radius 2 is 2.19 bits per heavy atom. The smallest absolute Gasteiger partial charge is 0.234 e. The standard InChI is InChI=1S/C16H17ClN6O2S/c1-2-23-14(6-5-13(19)24)21-22-16(23)26-9-15(25)20-11-4-3-10(8-18)12(17)7-11/h3-4,7H,2,5-6,9H2,1H3,(H2,19,24)(H,20,25). The minimum Gasteiger partial charge on any atom is -0.370 e. The number of nitrogens with zero attached hydrogens (tertiary/aromatic N) is 4.